The first kappa shape index (κ1) is 34.9. The number of aromatic nitrogens is 5. The number of piperazine rings is 1. The van der Waals surface area contributed by atoms with E-state index >= 15 is 0 Å². The van der Waals surface area contributed by atoms with Gasteiger partial charge in [0.1, 0.15) is 17.4 Å². The number of hydrogen-bond donors (Lipinski definition) is 2. The van der Waals surface area contributed by atoms with Gasteiger partial charge in [0.25, 0.3) is 5.91 Å². The molecule has 4 amide bonds. The smallest absolute Gasteiger partial charge is 0.261 e. The average Bonchev–Trinajstić information content (AvgIpc) is 3.76. The summed E-state index contributed by atoms with van der Waals surface area (Å²) in [6.45, 7) is 5.46. The molecule has 5 aliphatic rings. The lowest BCUT2D eigenvalue weighted by molar-refractivity contribution is -0.150. The molecule has 284 valence electrons. The van der Waals surface area contributed by atoms with Gasteiger partial charge in [0.2, 0.25) is 17.7 Å². The van der Waals surface area contributed by atoms with Crippen LogP contribution in [0.5, 0.6) is 5.75 Å². The largest absolute Gasteiger partial charge is 0.491 e. The summed E-state index contributed by atoms with van der Waals surface area (Å²) >= 11 is 0. The number of nitrogens with zero attached hydrogens (tertiary/aromatic N) is 8. The number of likely N-dealkylation sites (tertiary alicyclic amines) is 1. The fraction of sp³-hybridized carbons (Fsp3) is 0.564. The zero-order valence-corrected chi connectivity index (χ0v) is 30.6. The molecule has 15 nitrogen and oxygen atoms in total. The van der Waals surface area contributed by atoms with Gasteiger partial charge in [-0.3, -0.25) is 34.1 Å². The summed E-state index contributed by atoms with van der Waals surface area (Å²) in [4.78, 5) is 61.3. The highest BCUT2D eigenvalue weighted by molar-refractivity contribution is 6.09. The molecule has 1 atom stereocenters. The van der Waals surface area contributed by atoms with Crippen LogP contribution < -0.4 is 15.4 Å². The summed E-state index contributed by atoms with van der Waals surface area (Å²) in [5.74, 6) is 0.961. The molecule has 6 heterocycles. The Hall–Kier alpha value is -4.89. The van der Waals surface area contributed by atoms with Crippen LogP contribution in [0.4, 0.5) is 5.69 Å². The van der Waals surface area contributed by atoms with E-state index in [2.05, 4.69) is 41.4 Å². The third-order valence-electron chi connectivity index (χ3n) is 12.2. The summed E-state index contributed by atoms with van der Waals surface area (Å²) < 4.78 is 9.96. The van der Waals surface area contributed by atoms with Crippen molar-refractivity contribution in [2.45, 2.75) is 82.3 Å². The number of ether oxygens (including phenoxy) is 1. The molecule has 1 aromatic carbocycles. The lowest BCUT2D eigenvalue weighted by atomic mass is 9.85. The van der Waals surface area contributed by atoms with Crippen molar-refractivity contribution in [3.05, 3.63) is 48.5 Å². The minimum Gasteiger partial charge on any atom is -0.491 e. The van der Waals surface area contributed by atoms with E-state index in [0.29, 0.717) is 72.7 Å². The molecule has 0 bridgehead atoms. The molecule has 0 radical (unpaired) electrons. The Bertz CT molecular complexity index is 2060. The third-order valence-corrected chi connectivity index (χ3v) is 12.2. The Morgan fingerprint density at radius 2 is 1.74 bits per heavy atom. The monoisotopic (exact) mass is 736 g/mol. The van der Waals surface area contributed by atoms with Crippen LogP contribution in [0.2, 0.25) is 0 Å². The topological polar surface area (TPSA) is 159 Å². The Kier molecular flexibility index (Phi) is 9.51. The van der Waals surface area contributed by atoms with Crippen molar-refractivity contribution in [1.29, 1.82) is 0 Å². The van der Waals surface area contributed by atoms with Gasteiger partial charge < -0.3 is 19.9 Å². The van der Waals surface area contributed by atoms with Crippen LogP contribution >= 0.6 is 0 Å². The number of hydrogen-bond acceptors (Lipinski definition) is 10. The highest BCUT2D eigenvalue weighted by atomic mass is 16.5. The minimum atomic E-state index is -0.522. The number of anilines is 1. The van der Waals surface area contributed by atoms with Gasteiger partial charge in [-0.2, -0.15) is 10.2 Å². The zero-order valence-electron chi connectivity index (χ0n) is 30.6. The van der Waals surface area contributed by atoms with E-state index < -0.39 is 6.04 Å². The predicted octanol–water partition coefficient (Wildman–Crippen LogP) is 3.27. The SMILES string of the molecule is O=C1CCC(N2CCN(C3CCN(CC4CCC(n5cc6cc(NC(=O)c7cnn8cccnc78)c(OCC7CC7)cc6n5)CC4)CC3)CC2=O)C(=O)N1. The van der Waals surface area contributed by atoms with Gasteiger partial charge in [-0.25, -0.2) is 9.50 Å². The summed E-state index contributed by atoms with van der Waals surface area (Å²) in [7, 11) is 0. The molecule has 2 N–H and O–H groups in total. The lowest BCUT2D eigenvalue weighted by Gasteiger charge is -2.44. The highest BCUT2D eigenvalue weighted by Crippen LogP contribution is 2.37. The molecule has 5 fully saturated rings. The van der Waals surface area contributed by atoms with Crippen LogP contribution in [0.25, 0.3) is 16.6 Å². The Morgan fingerprint density at radius 3 is 2.52 bits per heavy atom. The molecule has 3 aromatic heterocycles. The molecular formula is C39H48N10O5. The number of imide groups is 1. The van der Waals surface area contributed by atoms with Crippen LogP contribution in [-0.4, -0.2) is 121 Å². The van der Waals surface area contributed by atoms with Gasteiger partial charge in [-0.05, 0) is 94.8 Å². The van der Waals surface area contributed by atoms with Gasteiger partial charge >= 0.3 is 0 Å². The molecule has 1 unspecified atom stereocenters. The second-order valence-corrected chi connectivity index (χ2v) is 15.9. The van der Waals surface area contributed by atoms with E-state index in [1.54, 1.807) is 27.9 Å². The second-order valence-electron chi connectivity index (χ2n) is 15.9. The van der Waals surface area contributed by atoms with Crippen LogP contribution in [0.1, 0.15) is 80.6 Å². The summed E-state index contributed by atoms with van der Waals surface area (Å²) in [6.07, 6.45) is 16.7. The zero-order chi connectivity index (χ0) is 36.8. The maximum atomic E-state index is 13.4. The number of rotatable bonds is 10. The second kappa shape index (κ2) is 14.7. The van der Waals surface area contributed by atoms with Crippen LogP contribution in [0.3, 0.4) is 0 Å². The molecule has 9 rings (SSSR count). The predicted molar refractivity (Wildman–Crippen MR) is 199 cm³/mol. The summed E-state index contributed by atoms with van der Waals surface area (Å²) in [5, 5.41) is 15.7. The molecule has 0 spiro atoms. The molecule has 54 heavy (non-hydrogen) atoms. The lowest BCUT2D eigenvalue weighted by Crippen LogP contribution is -2.62. The molecule has 15 heteroatoms. The number of carbonyl (C=O) groups is 4. The first-order chi connectivity index (χ1) is 26.3. The van der Waals surface area contributed by atoms with Crippen molar-refractivity contribution in [2.24, 2.45) is 11.8 Å². The molecule has 3 saturated heterocycles. The van der Waals surface area contributed by atoms with E-state index in [9.17, 15) is 19.2 Å². The van der Waals surface area contributed by atoms with E-state index in [1.807, 2.05) is 12.1 Å². The van der Waals surface area contributed by atoms with Crippen LogP contribution in [0, 0.1) is 11.8 Å². The van der Waals surface area contributed by atoms with Crippen molar-refractivity contribution in [1.82, 2.24) is 44.4 Å². The molecular weight excluding hydrogens is 688 g/mol. The fourth-order valence-electron chi connectivity index (χ4n) is 8.89. The number of piperidine rings is 2. The Morgan fingerprint density at radius 1 is 0.926 bits per heavy atom. The Balaban J connectivity index is 0.777. The first-order valence-electron chi connectivity index (χ1n) is 19.7. The summed E-state index contributed by atoms with van der Waals surface area (Å²) in [5.41, 5.74) is 2.39. The van der Waals surface area contributed by atoms with Crippen molar-refractivity contribution in [2.75, 3.05) is 51.2 Å². The van der Waals surface area contributed by atoms with Gasteiger partial charge in [-0.15, -0.1) is 0 Å². The van der Waals surface area contributed by atoms with Crippen molar-refractivity contribution < 1.29 is 23.9 Å². The molecule has 2 aliphatic carbocycles. The standard InChI is InChI=1S/C39H48N10O5/c50-35-9-8-33(39(53)43-35)47-17-16-46(23-36(47)51)28-10-14-45(15-11-28)21-25-4-6-29(7-5-25)49-22-27-18-32(34(19-31(27)44-49)54-24-26-2-3-26)42-38(52)30-20-41-48-13-1-12-40-37(30)48/h1,12-13,18-20,22,25-26,28-29,33H,2-11,14-17,21,23-24H2,(H,42,52)(H,43,50,53). The first-order valence-corrected chi connectivity index (χ1v) is 19.7. The van der Waals surface area contributed by atoms with Crippen molar-refractivity contribution >= 4 is 45.9 Å². The highest BCUT2D eigenvalue weighted by Gasteiger charge is 2.39. The third kappa shape index (κ3) is 7.30. The van der Waals surface area contributed by atoms with Gasteiger partial charge in [0.05, 0.1) is 36.6 Å². The summed E-state index contributed by atoms with van der Waals surface area (Å²) in [6, 6.07) is 5.90. The van der Waals surface area contributed by atoms with E-state index in [-0.39, 0.29) is 30.0 Å². The number of benzene rings is 1. The van der Waals surface area contributed by atoms with Crippen molar-refractivity contribution in [3.63, 3.8) is 0 Å². The Labute approximate surface area is 313 Å². The minimum absolute atomic E-state index is 0.00747. The van der Waals surface area contributed by atoms with Crippen molar-refractivity contribution in [3.8, 4) is 5.75 Å². The average molecular weight is 737 g/mol. The van der Waals surface area contributed by atoms with Crippen LogP contribution in [0.15, 0.2) is 43.0 Å². The van der Waals surface area contributed by atoms with Gasteiger partial charge in [0.15, 0.2) is 5.65 Å². The number of nitrogens with one attached hydrogen (secondary N) is 2. The molecule has 3 aliphatic heterocycles. The van der Waals surface area contributed by atoms with Gasteiger partial charge in [0, 0.05) is 62.1 Å². The number of amides is 4. The van der Waals surface area contributed by atoms with E-state index in [1.165, 1.54) is 19.0 Å². The van der Waals surface area contributed by atoms with E-state index in [4.69, 9.17) is 9.84 Å². The van der Waals surface area contributed by atoms with Crippen LogP contribution in [-0.2, 0) is 14.4 Å². The quantitative estimate of drug-likeness (QED) is 0.232. The number of fused-ring (bicyclic) bond motifs is 2. The normalized spacial score (nSPS) is 25.0. The van der Waals surface area contributed by atoms with E-state index in [0.717, 1.165) is 75.6 Å². The maximum absolute atomic E-state index is 13.4. The molecule has 2 saturated carbocycles. The molecule has 4 aromatic rings. The number of carbonyl (C=O) groups excluding carboxylic acids is 4. The maximum Gasteiger partial charge on any atom is 0.261 e. The van der Waals surface area contributed by atoms with Gasteiger partial charge in [-0.1, -0.05) is 0 Å². The fourth-order valence-corrected chi connectivity index (χ4v) is 8.89.